The SMILES string of the molecule is C/C(=N/OC(=O)c1ccc(Cn2nc(C)c(Cl)c2C)cc1)c1ccccn1. The number of nitrogens with zero attached hydrogens (tertiary/aromatic N) is 4. The zero-order valence-electron chi connectivity index (χ0n) is 15.3. The summed E-state index contributed by atoms with van der Waals surface area (Å²) in [6.45, 7) is 6.11. The molecule has 0 unspecified atom stereocenters. The van der Waals surface area contributed by atoms with Crippen molar-refractivity contribution < 1.29 is 9.63 Å². The molecule has 2 heterocycles. The molecule has 0 saturated carbocycles. The predicted molar refractivity (Wildman–Crippen MR) is 104 cm³/mol. The highest BCUT2D eigenvalue weighted by atomic mass is 35.5. The van der Waals surface area contributed by atoms with Crippen molar-refractivity contribution in [2.24, 2.45) is 5.16 Å². The average molecular weight is 383 g/mol. The Balaban J connectivity index is 1.66. The Morgan fingerprint density at radius 2 is 1.93 bits per heavy atom. The maximum atomic E-state index is 12.2. The maximum Gasteiger partial charge on any atom is 0.365 e. The molecule has 0 aliphatic rings. The van der Waals surface area contributed by atoms with E-state index in [0.29, 0.717) is 28.5 Å². The molecule has 0 amide bonds. The summed E-state index contributed by atoms with van der Waals surface area (Å²) in [6, 6.07) is 12.6. The van der Waals surface area contributed by atoms with Gasteiger partial charge in [-0.2, -0.15) is 5.10 Å². The van der Waals surface area contributed by atoms with Gasteiger partial charge in [-0.05, 0) is 50.6 Å². The molecule has 3 aromatic rings. The van der Waals surface area contributed by atoms with E-state index in [4.69, 9.17) is 16.4 Å². The molecule has 0 aliphatic carbocycles. The third-order valence-corrected chi connectivity index (χ3v) is 4.66. The van der Waals surface area contributed by atoms with Crippen molar-refractivity contribution in [3.8, 4) is 0 Å². The Bertz CT molecular complexity index is 979. The number of oxime groups is 1. The molecule has 0 fully saturated rings. The zero-order chi connectivity index (χ0) is 19.4. The van der Waals surface area contributed by atoms with Crippen LogP contribution in [0.3, 0.4) is 0 Å². The summed E-state index contributed by atoms with van der Waals surface area (Å²) < 4.78 is 1.84. The van der Waals surface area contributed by atoms with Crippen LogP contribution in [0.4, 0.5) is 0 Å². The van der Waals surface area contributed by atoms with Gasteiger partial charge in [0.25, 0.3) is 0 Å². The van der Waals surface area contributed by atoms with E-state index < -0.39 is 5.97 Å². The standard InChI is InChI=1S/C20H19ClN4O2/c1-13(18-6-4-5-11-22-18)24-27-20(26)17-9-7-16(8-10-17)12-25-15(3)19(21)14(2)23-25/h4-11H,12H2,1-3H3/b24-13-. The van der Waals surface area contributed by atoms with Crippen LogP contribution in [0, 0.1) is 13.8 Å². The third kappa shape index (κ3) is 4.41. The summed E-state index contributed by atoms with van der Waals surface area (Å²) in [7, 11) is 0. The molecular weight excluding hydrogens is 364 g/mol. The average Bonchev–Trinajstić information content (AvgIpc) is 2.93. The second kappa shape index (κ2) is 8.14. The number of rotatable bonds is 5. The van der Waals surface area contributed by atoms with Gasteiger partial charge < -0.3 is 4.84 Å². The highest BCUT2D eigenvalue weighted by Crippen LogP contribution is 2.20. The van der Waals surface area contributed by atoms with Gasteiger partial charge in [-0.3, -0.25) is 9.67 Å². The van der Waals surface area contributed by atoms with Crippen LogP contribution in [0.1, 0.15) is 39.9 Å². The van der Waals surface area contributed by atoms with Crippen LogP contribution in [0.25, 0.3) is 0 Å². The van der Waals surface area contributed by atoms with Crippen molar-refractivity contribution in [1.29, 1.82) is 0 Å². The van der Waals surface area contributed by atoms with Gasteiger partial charge in [-0.25, -0.2) is 4.79 Å². The summed E-state index contributed by atoms with van der Waals surface area (Å²) in [4.78, 5) is 21.3. The van der Waals surface area contributed by atoms with Gasteiger partial charge >= 0.3 is 5.97 Å². The third-order valence-electron chi connectivity index (χ3n) is 4.12. The van der Waals surface area contributed by atoms with E-state index in [9.17, 15) is 4.79 Å². The van der Waals surface area contributed by atoms with Gasteiger partial charge in [0.15, 0.2) is 0 Å². The minimum Gasteiger partial charge on any atom is -0.312 e. The lowest BCUT2D eigenvalue weighted by molar-refractivity contribution is 0.0516. The van der Waals surface area contributed by atoms with Crippen LogP contribution in [0.15, 0.2) is 53.8 Å². The van der Waals surface area contributed by atoms with Crippen molar-refractivity contribution >= 4 is 23.3 Å². The summed E-state index contributed by atoms with van der Waals surface area (Å²) in [6.07, 6.45) is 1.66. The zero-order valence-corrected chi connectivity index (χ0v) is 16.1. The van der Waals surface area contributed by atoms with Gasteiger partial charge in [0, 0.05) is 6.20 Å². The Morgan fingerprint density at radius 1 is 1.19 bits per heavy atom. The fraction of sp³-hybridized carbons (Fsp3) is 0.200. The molecule has 1 aromatic carbocycles. The molecule has 3 rings (SSSR count). The van der Waals surface area contributed by atoms with Crippen LogP contribution in [0.2, 0.25) is 5.02 Å². The number of pyridine rings is 1. The molecule has 7 heteroatoms. The Hall–Kier alpha value is -2.99. The fourth-order valence-corrected chi connectivity index (χ4v) is 2.67. The minimum absolute atomic E-state index is 0.419. The van der Waals surface area contributed by atoms with Gasteiger partial charge in [-0.1, -0.05) is 35.0 Å². The topological polar surface area (TPSA) is 69.4 Å². The first-order chi connectivity index (χ1) is 13.0. The molecule has 0 aliphatic heterocycles. The van der Waals surface area contributed by atoms with Crippen LogP contribution in [-0.2, 0) is 11.4 Å². The monoisotopic (exact) mass is 382 g/mol. The van der Waals surface area contributed by atoms with Crippen molar-refractivity contribution in [3.63, 3.8) is 0 Å². The Kier molecular flexibility index (Phi) is 5.66. The van der Waals surface area contributed by atoms with Crippen molar-refractivity contribution in [1.82, 2.24) is 14.8 Å². The number of halogens is 1. The van der Waals surface area contributed by atoms with Crippen LogP contribution in [-0.4, -0.2) is 26.4 Å². The van der Waals surface area contributed by atoms with E-state index in [1.54, 1.807) is 31.3 Å². The first-order valence-electron chi connectivity index (χ1n) is 8.41. The fourth-order valence-electron chi connectivity index (χ4n) is 2.53. The van der Waals surface area contributed by atoms with E-state index in [2.05, 4.69) is 15.2 Å². The number of hydrogen-bond donors (Lipinski definition) is 0. The quantitative estimate of drug-likeness (QED) is 0.377. The van der Waals surface area contributed by atoms with Gasteiger partial charge in [0.05, 0.1) is 34.2 Å². The van der Waals surface area contributed by atoms with Crippen molar-refractivity contribution in [2.45, 2.75) is 27.3 Å². The molecule has 27 heavy (non-hydrogen) atoms. The van der Waals surface area contributed by atoms with E-state index in [-0.39, 0.29) is 0 Å². The Labute approximate surface area is 162 Å². The van der Waals surface area contributed by atoms with E-state index in [1.807, 2.05) is 42.8 Å². The number of hydrogen-bond acceptors (Lipinski definition) is 5. The first-order valence-corrected chi connectivity index (χ1v) is 8.79. The molecule has 0 atom stereocenters. The normalized spacial score (nSPS) is 11.5. The van der Waals surface area contributed by atoms with E-state index >= 15 is 0 Å². The number of aromatic nitrogens is 3. The van der Waals surface area contributed by atoms with E-state index in [0.717, 1.165) is 17.0 Å². The second-order valence-electron chi connectivity index (χ2n) is 6.11. The predicted octanol–water partition coefficient (Wildman–Crippen LogP) is 4.18. The molecule has 0 N–H and O–H groups in total. The van der Waals surface area contributed by atoms with Gasteiger partial charge in [0.2, 0.25) is 0 Å². The lowest BCUT2D eigenvalue weighted by atomic mass is 10.1. The number of aryl methyl sites for hydroxylation is 1. The lowest BCUT2D eigenvalue weighted by Crippen LogP contribution is -2.06. The minimum atomic E-state index is -0.522. The Morgan fingerprint density at radius 3 is 2.52 bits per heavy atom. The largest absolute Gasteiger partial charge is 0.365 e. The first kappa shape index (κ1) is 18.8. The number of carbonyl (C=O) groups is 1. The highest BCUT2D eigenvalue weighted by Gasteiger charge is 2.11. The number of carbonyl (C=O) groups excluding carboxylic acids is 1. The molecule has 0 saturated heterocycles. The van der Waals surface area contributed by atoms with E-state index in [1.165, 1.54) is 0 Å². The van der Waals surface area contributed by atoms with Crippen LogP contribution in [0.5, 0.6) is 0 Å². The molecule has 0 radical (unpaired) electrons. The lowest BCUT2D eigenvalue weighted by Gasteiger charge is -2.06. The van der Waals surface area contributed by atoms with Crippen LogP contribution >= 0.6 is 11.6 Å². The molecule has 0 spiro atoms. The molecule has 138 valence electrons. The summed E-state index contributed by atoms with van der Waals surface area (Å²) >= 11 is 6.17. The molecule has 2 aromatic heterocycles. The van der Waals surface area contributed by atoms with Crippen molar-refractivity contribution in [2.75, 3.05) is 0 Å². The molecule has 6 nitrogen and oxygen atoms in total. The maximum absolute atomic E-state index is 12.2. The number of benzene rings is 1. The second-order valence-corrected chi connectivity index (χ2v) is 6.49. The molecule has 0 bridgehead atoms. The van der Waals surface area contributed by atoms with Gasteiger partial charge in [-0.15, -0.1) is 0 Å². The summed E-state index contributed by atoms with van der Waals surface area (Å²) in [5.74, 6) is -0.522. The molecular formula is C20H19ClN4O2. The highest BCUT2D eigenvalue weighted by molar-refractivity contribution is 6.31. The summed E-state index contributed by atoms with van der Waals surface area (Å²) in [5, 5.41) is 8.95. The smallest absolute Gasteiger partial charge is 0.312 e. The van der Waals surface area contributed by atoms with Crippen LogP contribution < -0.4 is 0 Å². The summed E-state index contributed by atoms with van der Waals surface area (Å²) in [5.41, 5.74) is 4.32. The van der Waals surface area contributed by atoms with Crippen molar-refractivity contribution in [3.05, 3.63) is 81.9 Å². The van der Waals surface area contributed by atoms with Gasteiger partial charge in [0.1, 0.15) is 5.71 Å².